The average Bonchev–Trinajstić information content (AvgIpc) is 2.77. The molecular weight excluding hydrogens is 186 g/mol. The maximum absolute atomic E-state index is 5.26. The van der Waals surface area contributed by atoms with Gasteiger partial charge in [0.15, 0.2) is 0 Å². The Morgan fingerprint density at radius 3 is 3.07 bits per heavy atom. The van der Waals surface area contributed by atoms with Crippen molar-refractivity contribution in [3.8, 4) is 5.75 Å². The van der Waals surface area contributed by atoms with Gasteiger partial charge in [0.05, 0.1) is 7.11 Å². The van der Waals surface area contributed by atoms with E-state index in [1.54, 1.807) is 7.11 Å². The van der Waals surface area contributed by atoms with Gasteiger partial charge in [-0.05, 0) is 36.6 Å². The maximum Gasteiger partial charge on any atom is 0.119 e. The van der Waals surface area contributed by atoms with E-state index in [0.717, 1.165) is 18.2 Å². The molecule has 0 radical (unpaired) electrons. The van der Waals surface area contributed by atoms with E-state index < -0.39 is 0 Å². The predicted octanol–water partition coefficient (Wildman–Crippen LogP) is 2.76. The van der Waals surface area contributed by atoms with E-state index in [1.165, 1.54) is 18.4 Å². The fourth-order valence-electron chi connectivity index (χ4n) is 2.42. The van der Waals surface area contributed by atoms with Crippen molar-refractivity contribution in [2.24, 2.45) is 5.92 Å². The van der Waals surface area contributed by atoms with Crippen molar-refractivity contribution < 1.29 is 4.74 Å². The molecule has 0 aromatic heterocycles. The zero-order chi connectivity index (χ0) is 10.7. The molecule has 1 N–H and O–H groups in total. The standard InChI is InChI=1S/C13H19NO/c1-3-10-7-8-14-13(10)11-5-4-6-12(9-11)15-2/h4-6,9-10,13-14H,3,7-8H2,1-2H3/t10-,13-/m1/s1. The lowest BCUT2D eigenvalue weighted by molar-refractivity contribution is 0.409. The highest BCUT2D eigenvalue weighted by molar-refractivity contribution is 5.31. The minimum Gasteiger partial charge on any atom is -0.497 e. The number of rotatable bonds is 3. The molecule has 0 amide bonds. The molecule has 1 aliphatic rings. The van der Waals surface area contributed by atoms with E-state index in [2.05, 4.69) is 30.4 Å². The van der Waals surface area contributed by atoms with Crippen LogP contribution in [-0.4, -0.2) is 13.7 Å². The summed E-state index contributed by atoms with van der Waals surface area (Å²) in [5, 5.41) is 3.57. The molecule has 15 heavy (non-hydrogen) atoms. The van der Waals surface area contributed by atoms with Gasteiger partial charge in [0, 0.05) is 6.04 Å². The van der Waals surface area contributed by atoms with Crippen LogP contribution < -0.4 is 10.1 Å². The van der Waals surface area contributed by atoms with Crippen molar-refractivity contribution in [3.05, 3.63) is 29.8 Å². The first-order valence-electron chi connectivity index (χ1n) is 5.72. The van der Waals surface area contributed by atoms with Crippen molar-refractivity contribution in [1.82, 2.24) is 5.32 Å². The number of ether oxygens (including phenoxy) is 1. The summed E-state index contributed by atoms with van der Waals surface area (Å²) in [6.07, 6.45) is 2.53. The van der Waals surface area contributed by atoms with Crippen molar-refractivity contribution in [1.29, 1.82) is 0 Å². The molecule has 1 aliphatic heterocycles. The summed E-state index contributed by atoms with van der Waals surface area (Å²) in [5.74, 6) is 1.73. The van der Waals surface area contributed by atoms with E-state index in [-0.39, 0.29) is 0 Å². The average molecular weight is 205 g/mol. The largest absolute Gasteiger partial charge is 0.497 e. The second-order valence-electron chi connectivity index (χ2n) is 4.17. The highest BCUT2D eigenvalue weighted by Gasteiger charge is 2.26. The van der Waals surface area contributed by atoms with Gasteiger partial charge < -0.3 is 10.1 Å². The van der Waals surface area contributed by atoms with Crippen LogP contribution in [0.15, 0.2) is 24.3 Å². The molecule has 1 heterocycles. The van der Waals surface area contributed by atoms with Crippen LogP contribution in [0, 0.1) is 5.92 Å². The molecule has 1 fully saturated rings. The van der Waals surface area contributed by atoms with Crippen LogP contribution in [0.1, 0.15) is 31.4 Å². The molecule has 0 aliphatic carbocycles. The first kappa shape index (κ1) is 10.5. The number of hydrogen-bond acceptors (Lipinski definition) is 2. The van der Waals surface area contributed by atoms with Crippen molar-refractivity contribution >= 4 is 0 Å². The molecular formula is C13H19NO. The molecule has 82 valence electrons. The van der Waals surface area contributed by atoms with Crippen LogP contribution in [0.25, 0.3) is 0 Å². The van der Waals surface area contributed by atoms with Crippen LogP contribution >= 0.6 is 0 Å². The Balaban J connectivity index is 2.20. The van der Waals surface area contributed by atoms with E-state index in [9.17, 15) is 0 Å². The van der Waals surface area contributed by atoms with Crippen molar-refractivity contribution in [3.63, 3.8) is 0 Å². The van der Waals surface area contributed by atoms with Crippen molar-refractivity contribution in [2.75, 3.05) is 13.7 Å². The monoisotopic (exact) mass is 205 g/mol. The second kappa shape index (κ2) is 4.67. The number of methoxy groups -OCH3 is 1. The van der Waals surface area contributed by atoms with Crippen LogP contribution in [0.4, 0.5) is 0 Å². The zero-order valence-corrected chi connectivity index (χ0v) is 9.49. The summed E-state index contributed by atoms with van der Waals surface area (Å²) in [6, 6.07) is 8.92. The third kappa shape index (κ3) is 2.15. The fourth-order valence-corrected chi connectivity index (χ4v) is 2.42. The Kier molecular flexibility index (Phi) is 3.27. The highest BCUT2D eigenvalue weighted by atomic mass is 16.5. The van der Waals surface area contributed by atoms with Gasteiger partial charge in [0.25, 0.3) is 0 Å². The third-order valence-electron chi connectivity index (χ3n) is 3.33. The zero-order valence-electron chi connectivity index (χ0n) is 9.49. The first-order chi connectivity index (χ1) is 7.35. The fraction of sp³-hybridized carbons (Fsp3) is 0.538. The van der Waals surface area contributed by atoms with E-state index >= 15 is 0 Å². The SMILES string of the molecule is CC[C@@H]1CCN[C@H]1c1cccc(OC)c1. The van der Waals surface area contributed by atoms with Gasteiger partial charge in [-0.15, -0.1) is 0 Å². The van der Waals surface area contributed by atoms with Gasteiger partial charge in [-0.2, -0.15) is 0 Å². The Hall–Kier alpha value is -1.02. The minimum atomic E-state index is 0.519. The summed E-state index contributed by atoms with van der Waals surface area (Å²) in [4.78, 5) is 0. The van der Waals surface area contributed by atoms with Crippen LogP contribution in [0.2, 0.25) is 0 Å². The molecule has 0 spiro atoms. The lowest BCUT2D eigenvalue weighted by Crippen LogP contribution is -2.17. The second-order valence-corrected chi connectivity index (χ2v) is 4.17. The van der Waals surface area contributed by atoms with Gasteiger partial charge in [0.1, 0.15) is 5.75 Å². The molecule has 1 aromatic rings. The van der Waals surface area contributed by atoms with Gasteiger partial charge in [-0.3, -0.25) is 0 Å². The molecule has 2 atom stereocenters. The lowest BCUT2D eigenvalue weighted by Gasteiger charge is -2.18. The normalized spacial score (nSPS) is 25.5. The van der Waals surface area contributed by atoms with Crippen LogP contribution in [0.5, 0.6) is 5.75 Å². The van der Waals surface area contributed by atoms with E-state index in [0.29, 0.717) is 6.04 Å². The van der Waals surface area contributed by atoms with Crippen molar-refractivity contribution in [2.45, 2.75) is 25.8 Å². The smallest absolute Gasteiger partial charge is 0.119 e. The van der Waals surface area contributed by atoms with E-state index in [1.807, 2.05) is 6.07 Å². The van der Waals surface area contributed by atoms with Gasteiger partial charge in [-0.25, -0.2) is 0 Å². The summed E-state index contributed by atoms with van der Waals surface area (Å²) in [5.41, 5.74) is 1.36. The molecule has 1 saturated heterocycles. The number of nitrogens with one attached hydrogen (secondary N) is 1. The quantitative estimate of drug-likeness (QED) is 0.819. The molecule has 2 nitrogen and oxygen atoms in total. The Bertz CT molecular complexity index is 324. The molecule has 0 unspecified atom stereocenters. The van der Waals surface area contributed by atoms with Gasteiger partial charge >= 0.3 is 0 Å². The summed E-state index contributed by atoms with van der Waals surface area (Å²) in [6.45, 7) is 3.41. The lowest BCUT2D eigenvalue weighted by atomic mass is 9.92. The predicted molar refractivity (Wildman–Crippen MR) is 62.1 cm³/mol. The summed E-state index contributed by atoms with van der Waals surface area (Å²) in [7, 11) is 1.72. The van der Waals surface area contributed by atoms with Gasteiger partial charge in [0.2, 0.25) is 0 Å². The topological polar surface area (TPSA) is 21.3 Å². The molecule has 0 bridgehead atoms. The first-order valence-corrected chi connectivity index (χ1v) is 5.72. The third-order valence-corrected chi connectivity index (χ3v) is 3.33. The van der Waals surface area contributed by atoms with Gasteiger partial charge in [-0.1, -0.05) is 25.5 Å². The van der Waals surface area contributed by atoms with Crippen LogP contribution in [-0.2, 0) is 0 Å². The van der Waals surface area contributed by atoms with E-state index in [4.69, 9.17) is 4.74 Å². The number of hydrogen-bond donors (Lipinski definition) is 1. The van der Waals surface area contributed by atoms with Crippen LogP contribution in [0.3, 0.4) is 0 Å². The highest BCUT2D eigenvalue weighted by Crippen LogP contribution is 2.32. The minimum absolute atomic E-state index is 0.519. The summed E-state index contributed by atoms with van der Waals surface area (Å²) < 4.78 is 5.26. The Labute approximate surface area is 91.6 Å². The Morgan fingerprint density at radius 1 is 1.47 bits per heavy atom. The molecule has 2 rings (SSSR count). The molecule has 1 aromatic carbocycles. The number of benzene rings is 1. The Morgan fingerprint density at radius 2 is 2.33 bits per heavy atom. The molecule has 0 saturated carbocycles. The molecule has 2 heteroatoms. The summed E-state index contributed by atoms with van der Waals surface area (Å²) >= 11 is 0. The maximum atomic E-state index is 5.26.